The molecule has 0 fully saturated rings. The van der Waals surface area contributed by atoms with Gasteiger partial charge in [0.25, 0.3) is 0 Å². The van der Waals surface area contributed by atoms with Crippen molar-refractivity contribution in [3.8, 4) is 0 Å². The number of likely N-dealkylation sites (N-methyl/N-ethyl adjacent to an activating group) is 1. The molecule has 0 aliphatic rings. The second-order valence-corrected chi connectivity index (χ2v) is 5.11. The van der Waals surface area contributed by atoms with Gasteiger partial charge < -0.3 is 10.6 Å². The van der Waals surface area contributed by atoms with E-state index in [4.69, 9.17) is 0 Å². The third kappa shape index (κ3) is 8.09. The van der Waals surface area contributed by atoms with Crippen LogP contribution in [0.25, 0.3) is 0 Å². The average Bonchev–Trinajstić information content (AvgIpc) is 2.46. The molecule has 0 saturated heterocycles. The monoisotopic (exact) mass is 291 g/mol. The number of hydrogen-bond donors (Lipinski definition) is 2. The van der Waals surface area contributed by atoms with Crippen molar-refractivity contribution in [3.63, 3.8) is 0 Å². The second kappa shape index (κ2) is 9.94. The van der Waals surface area contributed by atoms with E-state index in [2.05, 4.69) is 10.6 Å². The molecular formula is C16H25N3O2. The summed E-state index contributed by atoms with van der Waals surface area (Å²) in [5.41, 5.74) is 1.20. The topological polar surface area (TPSA) is 61.4 Å². The first kappa shape index (κ1) is 17.2. The zero-order chi connectivity index (χ0) is 15.5. The molecule has 0 saturated carbocycles. The highest BCUT2D eigenvalue weighted by atomic mass is 16.2. The molecule has 116 valence electrons. The van der Waals surface area contributed by atoms with Gasteiger partial charge in [-0.15, -0.1) is 0 Å². The highest BCUT2D eigenvalue weighted by Gasteiger charge is 2.09. The lowest BCUT2D eigenvalue weighted by Gasteiger charge is -2.15. The van der Waals surface area contributed by atoms with E-state index in [-0.39, 0.29) is 24.9 Å². The molecule has 0 bridgehead atoms. The molecule has 0 radical (unpaired) electrons. The molecule has 0 aromatic heterocycles. The minimum absolute atomic E-state index is 0.0450. The maximum atomic E-state index is 11.8. The second-order valence-electron chi connectivity index (χ2n) is 5.11. The van der Waals surface area contributed by atoms with Gasteiger partial charge in [0, 0.05) is 13.1 Å². The molecule has 5 heteroatoms. The number of carbonyl (C=O) groups is 2. The van der Waals surface area contributed by atoms with E-state index in [0.717, 1.165) is 12.8 Å². The summed E-state index contributed by atoms with van der Waals surface area (Å²) in [5, 5.41) is 5.65. The highest BCUT2D eigenvalue weighted by molar-refractivity contribution is 5.81. The summed E-state index contributed by atoms with van der Waals surface area (Å²) >= 11 is 0. The van der Waals surface area contributed by atoms with Gasteiger partial charge in [-0.05, 0) is 25.5 Å². The van der Waals surface area contributed by atoms with Gasteiger partial charge in [-0.1, -0.05) is 37.3 Å². The number of hydrogen-bond acceptors (Lipinski definition) is 3. The maximum absolute atomic E-state index is 11.8. The van der Waals surface area contributed by atoms with E-state index >= 15 is 0 Å². The molecule has 0 aliphatic heterocycles. The minimum atomic E-state index is -0.0586. The fourth-order valence-corrected chi connectivity index (χ4v) is 1.91. The normalized spacial score (nSPS) is 10.4. The molecule has 0 unspecified atom stereocenters. The zero-order valence-corrected chi connectivity index (χ0v) is 12.9. The van der Waals surface area contributed by atoms with Gasteiger partial charge in [-0.25, -0.2) is 0 Å². The van der Waals surface area contributed by atoms with E-state index in [1.54, 1.807) is 11.9 Å². The summed E-state index contributed by atoms with van der Waals surface area (Å²) in [6.45, 7) is 3.76. The number of nitrogens with one attached hydrogen (secondary N) is 2. The number of amides is 2. The largest absolute Gasteiger partial charge is 0.355 e. The Hall–Kier alpha value is -1.88. The smallest absolute Gasteiger partial charge is 0.234 e. The van der Waals surface area contributed by atoms with Gasteiger partial charge in [-0.3, -0.25) is 14.5 Å². The molecule has 0 spiro atoms. The average molecular weight is 291 g/mol. The van der Waals surface area contributed by atoms with Gasteiger partial charge in [0.2, 0.25) is 11.8 Å². The van der Waals surface area contributed by atoms with Crippen LogP contribution in [0, 0.1) is 0 Å². The molecule has 1 aromatic carbocycles. The summed E-state index contributed by atoms with van der Waals surface area (Å²) in [7, 11) is 1.77. The van der Waals surface area contributed by atoms with Crippen LogP contribution < -0.4 is 10.6 Å². The lowest BCUT2D eigenvalue weighted by Crippen LogP contribution is -2.41. The molecule has 0 heterocycles. The Labute approximate surface area is 126 Å². The van der Waals surface area contributed by atoms with Crippen molar-refractivity contribution < 1.29 is 9.59 Å². The maximum Gasteiger partial charge on any atom is 0.234 e. The zero-order valence-electron chi connectivity index (χ0n) is 12.9. The number of rotatable bonds is 9. The van der Waals surface area contributed by atoms with Crippen molar-refractivity contribution >= 4 is 11.8 Å². The molecule has 2 N–H and O–H groups in total. The lowest BCUT2D eigenvalue weighted by molar-refractivity contribution is -0.124. The van der Waals surface area contributed by atoms with Crippen molar-refractivity contribution in [1.82, 2.24) is 15.5 Å². The first-order chi connectivity index (χ1) is 10.1. The predicted octanol–water partition coefficient (Wildman–Crippen LogP) is 0.803. The Balaban J connectivity index is 2.16. The van der Waals surface area contributed by atoms with E-state index < -0.39 is 0 Å². The Morgan fingerprint density at radius 1 is 1.00 bits per heavy atom. The summed E-state index contributed by atoms with van der Waals surface area (Å²) in [4.78, 5) is 25.0. The van der Waals surface area contributed by atoms with Crippen LogP contribution >= 0.6 is 0 Å². The molecule has 21 heavy (non-hydrogen) atoms. The van der Waals surface area contributed by atoms with Crippen molar-refractivity contribution in [2.75, 3.05) is 33.2 Å². The molecular weight excluding hydrogens is 266 g/mol. The summed E-state index contributed by atoms with van der Waals surface area (Å²) in [6.07, 6.45) is 1.72. The number of benzene rings is 1. The quantitative estimate of drug-likeness (QED) is 0.707. The number of nitrogens with zero attached hydrogens (tertiary/aromatic N) is 1. The minimum Gasteiger partial charge on any atom is -0.355 e. The molecule has 1 aromatic rings. The molecule has 0 atom stereocenters. The van der Waals surface area contributed by atoms with Crippen LogP contribution in [0.4, 0.5) is 0 Å². The van der Waals surface area contributed by atoms with Crippen molar-refractivity contribution in [1.29, 1.82) is 0 Å². The summed E-state index contributed by atoms with van der Waals surface area (Å²) < 4.78 is 0. The Kier molecular flexibility index (Phi) is 8.12. The SMILES string of the molecule is CCCNC(=O)CN(C)CC(=O)NCCc1ccccc1. The lowest BCUT2D eigenvalue weighted by atomic mass is 10.1. The van der Waals surface area contributed by atoms with E-state index in [1.807, 2.05) is 37.3 Å². The third-order valence-electron chi connectivity index (χ3n) is 2.98. The molecule has 2 amide bonds. The molecule has 5 nitrogen and oxygen atoms in total. The first-order valence-corrected chi connectivity index (χ1v) is 7.37. The molecule has 1 rings (SSSR count). The van der Waals surface area contributed by atoms with Crippen LogP contribution in [0.5, 0.6) is 0 Å². The third-order valence-corrected chi connectivity index (χ3v) is 2.98. The summed E-state index contributed by atoms with van der Waals surface area (Å²) in [5.74, 6) is -0.104. The van der Waals surface area contributed by atoms with Crippen LogP contribution in [0.3, 0.4) is 0 Å². The fourth-order valence-electron chi connectivity index (χ4n) is 1.91. The fraction of sp³-hybridized carbons (Fsp3) is 0.500. The van der Waals surface area contributed by atoms with Crippen LogP contribution in [0.1, 0.15) is 18.9 Å². The van der Waals surface area contributed by atoms with Crippen LogP contribution in [-0.2, 0) is 16.0 Å². The van der Waals surface area contributed by atoms with E-state index in [1.165, 1.54) is 5.56 Å². The van der Waals surface area contributed by atoms with Crippen molar-refractivity contribution in [3.05, 3.63) is 35.9 Å². The number of carbonyl (C=O) groups excluding carboxylic acids is 2. The Morgan fingerprint density at radius 3 is 2.14 bits per heavy atom. The van der Waals surface area contributed by atoms with E-state index in [0.29, 0.717) is 13.1 Å². The van der Waals surface area contributed by atoms with Crippen molar-refractivity contribution in [2.45, 2.75) is 19.8 Å². The molecule has 0 aliphatic carbocycles. The van der Waals surface area contributed by atoms with Gasteiger partial charge in [-0.2, -0.15) is 0 Å². The first-order valence-electron chi connectivity index (χ1n) is 7.37. The van der Waals surface area contributed by atoms with Crippen LogP contribution in [0.2, 0.25) is 0 Å². The van der Waals surface area contributed by atoms with Gasteiger partial charge >= 0.3 is 0 Å². The standard InChI is InChI=1S/C16H25N3O2/c1-3-10-17-15(20)12-19(2)13-16(21)18-11-9-14-7-5-4-6-8-14/h4-8H,3,9-13H2,1-2H3,(H,17,20)(H,18,21). The Morgan fingerprint density at radius 2 is 1.57 bits per heavy atom. The van der Waals surface area contributed by atoms with Crippen LogP contribution in [-0.4, -0.2) is 49.9 Å². The highest BCUT2D eigenvalue weighted by Crippen LogP contribution is 1.98. The van der Waals surface area contributed by atoms with Crippen LogP contribution in [0.15, 0.2) is 30.3 Å². The van der Waals surface area contributed by atoms with E-state index in [9.17, 15) is 9.59 Å². The van der Waals surface area contributed by atoms with Crippen molar-refractivity contribution in [2.24, 2.45) is 0 Å². The van der Waals surface area contributed by atoms with Gasteiger partial charge in [0.05, 0.1) is 13.1 Å². The van der Waals surface area contributed by atoms with Gasteiger partial charge in [0.1, 0.15) is 0 Å². The summed E-state index contributed by atoms with van der Waals surface area (Å²) in [6, 6.07) is 10.0. The Bertz CT molecular complexity index is 434. The van der Waals surface area contributed by atoms with Gasteiger partial charge in [0.15, 0.2) is 0 Å². The predicted molar refractivity (Wildman–Crippen MR) is 84.0 cm³/mol.